The van der Waals surface area contributed by atoms with Crippen molar-refractivity contribution in [3.8, 4) is 5.75 Å². The lowest BCUT2D eigenvalue weighted by Gasteiger charge is -2.33. The summed E-state index contributed by atoms with van der Waals surface area (Å²) < 4.78 is 12.9. The molecular formula is C20H28N4O5. The molecule has 0 bridgehead atoms. The number of hydrogen-bond acceptors (Lipinski definition) is 6. The number of ether oxygens (including phenoxy) is 2. The minimum Gasteiger partial charge on any atom is -0.484 e. The molecule has 3 rings (SSSR count). The van der Waals surface area contributed by atoms with E-state index in [9.17, 15) is 14.9 Å². The van der Waals surface area contributed by atoms with Gasteiger partial charge in [-0.15, -0.1) is 0 Å². The summed E-state index contributed by atoms with van der Waals surface area (Å²) in [6.07, 6.45) is 2.84. The Morgan fingerprint density at radius 1 is 1.28 bits per heavy atom. The molecule has 1 aromatic heterocycles. The molecule has 9 heteroatoms. The number of nitro groups is 1. The molecule has 0 aliphatic carbocycles. The fourth-order valence-corrected chi connectivity index (χ4v) is 3.38. The molecule has 0 radical (unpaired) electrons. The van der Waals surface area contributed by atoms with Crippen molar-refractivity contribution in [3.05, 3.63) is 28.4 Å². The van der Waals surface area contributed by atoms with E-state index in [-0.39, 0.29) is 29.7 Å². The third kappa shape index (κ3) is 4.96. The highest BCUT2D eigenvalue weighted by Crippen LogP contribution is 2.34. The molecule has 0 spiro atoms. The number of carbonyl (C=O) groups excluding carboxylic acids is 1. The summed E-state index contributed by atoms with van der Waals surface area (Å²) in [4.78, 5) is 24.9. The molecule has 1 saturated heterocycles. The predicted octanol–water partition coefficient (Wildman–Crippen LogP) is 4.30. The Hall–Kier alpha value is -2.84. The normalized spacial score (nSPS) is 15.7. The van der Waals surface area contributed by atoms with Crippen LogP contribution in [0.3, 0.4) is 0 Å². The average molecular weight is 404 g/mol. The maximum absolute atomic E-state index is 12.2. The highest BCUT2D eigenvalue weighted by Gasteiger charge is 2.28. The molecule has 1 aliphatic rings. The molecule has 0 unspecified atom stereocenters. The SMILES string of the molecule is CC(C)Oc1cc2nn(C3CCN(C(=O)OC(C)(C)C)CC3)cc2cc1[N+](=O)[O-]. The number of rotatable bonds is 4. The van der Waals surface area contributed by atoms with Crippen LogP contribution in [0, 0.1) is 10.1 Å². The molecule has 2 aromatic rings. The molecule has 29 heavy (non-hydrogen) atoms. The molecule has 9 nitrogen and oxygen atoms in total. The van der Waals surface area contributed by atoms with Crippen LogP contribution in [0.25, 0.3) is 10.9 Å². The van der Waals surface area contributed by atoms with E-state index in [0.29, 0.717) is 24.0 Å². The second-order valence-corrected chi connectivity index (χ2v) is 8.61. The second-order valence-electron chi connectivity index (χ2n) is 8.61. The maximum atomic E-state index is 12.2. The molecule has 0 atom stereocenters. The number of likely N-dealkylation sites (tertiary alicyclic amines) is 1. The van der Waals surface area contributed by atoms with Gasteiger partial charge in [-0.25, -0.2) is 4.79 Å². The first-order valence-corrected chi connectivity index (χ1v) is 9.85. The van der Waals surface area contributed by atoms with Crippen LogP contribution in [0.15, 0.2) is 18.3 Å². The van der Waals surface area contributed by atoms with Crippen LogP contribution in [0.2, 0.25) is 0 Å². The van der Waals surface area contributed by atoms with Crippen LogP contribution >= 0.6 is 0 Å². The van der Waals surface area contributed by atoms with Gasteiger partial charge in [0.15, 0.2) is 5.75 Å². The number of carbonyl (C=O) groups is 1. The van der Waals surface area contributed by atoms with Crippen molar-refractivity contribution in [3.63, 3.8) is 0 Å². The smallest absolute Gasteiger partial charge is 0.410 e. The third-order valence-corrected chi connectivity index (χ3v) is 4.65. The number of nitro benzene ring substituents is 1. The second kappa shape index (κ2) is 7.88. The maximum Gasteiger partial charge on any atom is 0.410 e. The van der Waals surface area contributed by atoms with Gasteiger partial charge in [-0.3, -0.25) is 14.8 Å². The van der Waals surface area contributed by atoms with E-state index in [2.05, 4.69) is 5.10 Å². The lowest BCUT2D eigenvalue weighted by atomic mass is 10.1. The van der Waals surface area contributed by atoms with Gasteiger partial charge in [0.1, 0.15) is 5.60 Å². The van der Waals surface area contributed by atoms with Gasteiger partial charge in [0.05, 0.1) is 22.6 Å². The van der Waals surface area contributed by atoms with Crippen LogP contribution in [0.1, 0.15) is 53.5 Å². The highest BCUT2D eigenvalue weighted by atomic mass is 16.6. The highest BCUT2D eigenvalue weighted by molar-refractivity contribution is 5.83. The van der Waals surface area contributed by atoms with E-state index in [1.807, 2.05) is 45.5 Å². The Labute approximate surface area is 169 Å². The summed E-state index contributed by atoms with van der Waals surface area (Å²) >= 11 is 0. The van der Waals surface area contributed by atoms with Crippen LogP contribution in [0.5, 0.6) is 5.75 Å². The largest absolute Gasteiger partial charge is 0.484 e. The Balaban J connectivity index is 1.76. The number of nitrogens with zero attached hydrogens (tertiary/aromatic N) is 4. The van der Waals surface area contributed by atoms with E-state index in [1.165, 1.54) is 6.07 Å². The summed E-state index contributed by atoms with van der Waals surface area (Å²) in [6, 6.07) is 3.25. The van der Waals surface area contributed by atoms with Crippen molar-refractivity contribution in [1.82, 2.24) is 14.7 Å². The molecule has 1 aliphatic heterocycles. The fourth-order valence-electron chi connectivity index (χ4n) is 3.38. The van der Waals surface area contributed by atoms with Gasteiger partial charge < -0.3 is 14.4 Å². The number of benzene rings is 1. The minimum absolute atomic E-state index is 0.0644. The molecule has 158 valence electrons. The van der Waals surface area contributed by atoms with E-state index < -0.39 is 10.5 Å². The van der Waals surface area contributed by atoms with E-state index >= 15 is 0 Å². The zero-order valence-electron chi connectivity index (χ0n) is 17.5. The van der Waals surface area contributed by atoms with Gasteiger partial charge in [0, 0.05) is 36.8 Å². The van der Waals surface area contributed by atoms with Crippen LogP contribution in [-0.2, 0) is 4.74 Å². The standard InChI is InChI=1S/C20H28N4O5/c1-13(2)28-18-11-16-14(10-17(18)24(26)27)12-23(21-16)15-6-8-22(9-7-15)19(25)29-20(3,4)5/h10-13,15H,6-9H2,1-5H3. The zero-order valence-corrected chi connectivity index (χ0v) is 17.5. The lowest BCUT2D eigenvalue weighted by molar-refractivity contribution is -0.385. The Morgan fingerprint density at radius 2 is 1.93 bits per heavy atom. The van der Waals surface area contributed by atoms with Crippen LogP contribution < -0.4 is 4.74 Å². The van der Waals surface area contributed by atoms with Gasteiger partial charge >= 0.3 is 11.8 Å². The predicted molar refractivity (Wildman–Crippen MR) is 108 cm³/mol. The molecule has 0 N–H and O–H groups in total. The van der Waals surface area contributed by atoms with Gasteiger partial charge in [-0.1, -0.05) is 0 Å². The van der Waals surface area contributed by atoms with Gasteiger partial charge in [0.25, 0.3) is 0 Å². The first kappa shape index (κ1) is 20.9. The van der Waals surface area contributed by atoms with Crippen molar-refractivity contribution in [2.45, 2.75) is 65.2 Å². The fraction of sp³-hybridized carbons (Fsp3) is 0.600. The minimum atomic E-state index is -0.516. The first-order valence-electron chi connectivity index (χ1n) is 9.85. The summed E-state index contributed by atoms with van der Waals surface area (Å²) in [5, 5.41) is 16.7. The molecular weight excluding hydrogens is 376 g/mol. The Bertz CT molecular complexity index is 907. The lowest BCUT2D eigenvalue weighted by Crippen LogP contribution is -2.42. The van der Waals surface area contributed by atoms with Crippen molar-refractivity contribution >= 4 is 22.7 Å². The van der Waals surface area contributed by atoms with Crippen molar-refractivity contribution in [2.75, 3.05) is 13.1 Å². The van der Waals surface area contributed by atoms with Crippen molar-refractivity contribution in [2.24, 2.45) is 0 Å². The monoisotopic (exact) mass is 404 g/mol. The van der Waals surface area contributed by atoms with Gasteiger partial charge in [-0.05, 0) is 47.5 Å². The van der Waals surface area contributed by atoms with Gasteiger partial charge in [-0.2, -0.15) is 5.10 Å². The summed E-state index contributed by atoms with van der Waals surface area (Å²) in [7, 11) is 0. The number of piperidine rings is 1. The molecule has 0 saturated carbocycles. The number of amides is 1. The molecule has 2 heterocycles. The number of fused-ring (bicyclic) bond motifs is 1. The Kier molecular flexibility index (Phi) is 5.68. The van der Waals surface area contributed by atoms with Crippen LogP contribution in [-0.4, -0.2) is 50.5 Å². The van der Waals surface area contributed by atoms with Crippen molar-refractivity contribution in [1.29, 1.82) is 0 Å². The van der Waals surface area contributed by atoms with Crippen molar-refractivity contribution < 1.29 is 19.2 Å². The van der Waals surface area contributed by atoms with E-state index in [4.69, 9.17) is 9.47 Å². The quantitative estimate of drug-likeness (QED) is 0.556. The summed E-state index contributed by atoms with van der Waals surface area (Å²) in [5.74, 6) is 0.225. The van der Waals surface area contributed by atoms with E-state index in [1.54, 1.807) is 11.0 Å². The van der Waals surface area contributed by atoms with E-state index in [0.717, 1.165) is 12.8 Å². The molecule has 1 aromatic carbocycles. The first-order chi connectivity index (χ1) is 13.5. The molecule has 1 fully saturated rings. The number of hydrogen-bond donors (Lipinski definition) is 0. The van der Waals surface area contributed by atoms with Crippen LogP contribution in [0.4, 0.5) is 10.5 Å². The molecule has 1 amide bonds. The third-order valence-electron chi connectivity index (χ3n) is 4.65. The average Bonchev–Trinajstić information content (AvgIpc) is 3.02. The zero-order chi connectivity index (χ0) is 21.3. The van der Waals surface area contributed by atoms with Gasteiger partial charge in [0.2, 0.25) is 0 Å². The summed E-state index contributed by atoms with van der Waals surface area (Å²) in [6.45, 7) is 10.4. The summed E-state index contributed by atoms with van der Waals surface area (Å²) in [5.41, 5.74) is 0.0734. The topological polar surface area (TPSA) is 99.7 Å². The Morgan fingerprint density at radius 3 is 2.48 bits per heavy atom. The number of aromatic nitrogens is 2.